The highest BCUT2D eigenvalue weighted by molar-refractivity contribution is 5.92. The van der Waals surface area contributed by atoms with Crippen molar-refractivity contribution in [3.05, 3.63) is 53.6 Å². The van der Waals surface area contributed by atoms with E-state index in [4.69, 9.17) is 9.47 Å². The highest BCUT2D eigenvalue weighted by Crippen LogP contribution is 2.32. The van der Waals surface area contributed by atoms with Gasteiger partial charge < -0.3 is 14.8 Å². The number of hydrogen-bond donors (Lipinski definition) is 1. The van der Waals surface area contributed by atoms with Crippen LogP contribution in [0.3, 0.4) is 0 Å². The highest BCUT2D eigenvalue weighted by atomic mass is 19.4. The number of rotatable bonds is 3. The Bertz CT molecular complexity index is 742. The van der Waals surface area contributed by atoms with Gasteiger partial charge in [0.05, 0.1) is 12.0 Å². The quantitative estimate of drug-likeness (QED) is 0.930. The van der Waals surface area contributed by atoms with Gasteiger partial charge >= 0.3 is 6.18 Å². The molecule has 0 saturated heterocycles. The molecule has 0 fully saturated rings. The maximum Gasteiger partial charge on any atom is 0.416 e. The normalized spacial score (nSPS) is 13.5. The van der Waals surface area contributed by atoms with Crippen LogP contribution < -0.4 is 14.8 Å². The number of nitrogens with one attached hydrogen (secondary N) is 1. The van der Waals surface area contributed by atoms with Crippen LogP contribution in [0.2, 0.25) is 0 Å². The number of anilines is 1. The number of alkyl halides is 3. The predicted octanol–water partition coefficient (Wildman–Crippen LogP) is 3.66. The van der Waals surface area contributed by atoms with Gasteiger partial charge in [0.25, 0.3) is 0 Å². The third kappa shape index (κ3) is 3.79. The number of carbonyl (C=O) groups excluding carboxylic acids is 1. The summed E-state index contributed by atoms with van der Waals surface area (Å²) in [5.74, 6) is 0.835. The molecule has 0 radical (unpaired) electrons. The molecule has 1 aliphatic rings. The van der Waals surface area contributed by atoms with Crippen molar-refractivity contribution in [2.45, 2.75) is 12.6 Å². The fourth-order valence-electron chi connectivity index (χ4n) is 2.32. The molecule has 0 saturated carbocycles. The minimum atomic E-state index is -4.38. The minimum absolute atomic E-state index is 0.0213. The van der Waals surface area contributed by atoms with Crippen LogP contribution in [0, 0.1) is 0 Å². The summed E-state index contributed by atoms with van der Waals surface area (Å²) in [6.45, 7) is 0.919. The predicted molar refractivity (Wildman–Crippen MR) is 81.2 cm³/mol. The maximum atomic E-state index is 12.5. The van der Waals surface area contributed by atoms with Crippen molar-refractivity contribution < 1.29 is 27.4 Å². The molecule has 0 atom stereocenters. The van der Waals surface area contributed by atoms with Crippen LogP contribution in [0.25, 0.3) is 0 Å². The van der Waals surface area contributed by atoms with Crippen molar-refractivity contribution >= 4 is 11.6 Å². The number of halogens is 3. The Labute approximate surface area is 136 Å². The minimum Gasteiger partial charge on any atom is -0.486 e. The number of benzene rings is 2. The first-order chi connectivity index (χ1) is 11.4. The topological polar surface area (TPSA) is 47.6 Å². The lowest BCUT2D eigenvalue weighted by atomic mass is 10.1. The molecule has 3 rings (SSSR count). The molecule has 126 valence electrons. The third-order valence-electron chi connectivity index (χ3n) is 3.47. The Morgan fingerprint density at radius 3 is 2.33 bits per heavy atom. The summed E-state index contributed by atoms with van der Waals surface area (Å²) in [5.41, 5.74) is 0.299. The molecule has 0 aromatic heterocycles. The Morgan fingerprint density at radius 2 is 1.67 bits per heavy atom. The van der Waals surface area contributed by atoms with Gasteiger partial charge in [-0.05, 0) is 29.8 Å². The van der Waals surface area contributed by atoms with Gasteiger partial charge in [0, 0.05) is 11.8 Å². The lowest BCUT2D eigenvalue weighted by Gasteiger charge is -2.19. The molecule has 2 aromatic rings. The standard InChI is InChI=1S/C17H14F3NO3/c18-17(19,20)12-3-1-11(2-4-12)9-16(22)21-13-5-6-14-15(10-13)24-8-7-23-14/h1-6,10H,7-9H2,(H,21,22). The third-order valence-corrected chi connectivity index (χ3v) is 3.47. The number of hydrogen-bond acceptors (Lipinski definition) is 3. The molecule has 0 aliphatic carbocycles. The van der Waals surface area contributed by atoms with Crippen LogP contribution in [0.15, 0.2) is 42.5 Å². The monoisotopic (exact) mass is 337 g/mol. The molecule has 7 heteroatoms. The van der Waals surface area contributed by atoms with E-state index in [2.05, 4.69) is 5.32 Å². The Kier molecular flexibility index (Phi) is 4.33. The number of amides is 1. The second kappa shape index (κ2) is 6.43. The average Bonchev–Trinajstić information content (AvgIpc) is 2.54. The van der Waals surface area contributed by atoms with Crippen LogP contribution in [0.1, 0.15) is 11.1 Å². The van der Waals surface area contributed by atoms with Gasteiger partial charge in [-0.1, -0.05) is 12.1 Å². The van der Waals surface area contributed by atoms with E-state index in [1.807, 2.05) is 0 Å². The SMILES string of the molecule is O=C(Cc1ccc(C(F)(F)F)cc1)Nc1ccc2c(c1)OCCO2. The Balaban J connectivity index is 1.63. The zero-order valence-electron chi connectivity index (χ0n) is 12.5. The first-order valence-electron chi connectivity index (χ1n) is 7.27. The van der Waals surface area contributed by atoms with Crippen molar-refractivity contribution in [3.8, 4) is 11.5 Å². The van der Waals surface area contributed by atoms with Crippen LogP contribution in [0.5, 0.6) is 11.5 Å². The number of carbonyl (C=O) groups is 1. The zero-order valence-corrected chi connectivity index (χ0v) is 12.5. The second-order valence-corrected chi connectivity index (χ2v) is 5.28. The van der Waals surface area contributed by atoms with Gasteiger partial charge in [-0.3, -0.25) is 4.79 Å². The molecular weight excluding hydrogens is 323 g/mol. The first kappa shape index (κ1) is 16.2. The molecule has 24 heavy (non-hydrogen) atoms. The smallest absolute Gasteiger partial charge is 0.416 e. The molecule has 1 heterocycles. The van der Waals surface area contributed by atoms with E-state index in [0.29, 0.717) is 36.0 Å². The van der Waals surface area contributed by atoms with E-state index < -0.39 is 11.7 Å². The fraction of sp³-hybridized carbons (Fsp3) is 0.235. The lowest BCUT2D eigenvalue weighted by Crippen LogP contribution is -2.17. The molecule has 1 amide bonds. The van der Waals surface area contributed by atoms with Gasteiger partial charge in [-0.25, -0.2) is 0 Å². The summed E-state index contributed by atoms with van der Waals surface area (Å²) in [5, 5.41) is 2.69. The molecule has 0 bridgehead atoms. The summed E-state index contributed by atoms with van der Waals surface area (Å²) in [6.07, 6.45) is -4.40. The molecule has 2 aromatic carbocycles. The summed E-state index contributed by atoms with van der Waals surface area (Å²) in [4.78, 5) is 12.0. The first-order valence-corrected chi connectivity index (χ1v) is 7.27. The molecule has 0 spiro atoms. The van der Waals surface area contributed by atoms with Crippen molar-refractivity contribution in [1.29, 1.82) is 0 Å². The van der Waals surface area contributed by atoms with Crippen LogP contribution in [-0.2, 0) is 17.4 Å². The van der Waals surface area contributed by atoms with Gasteiger partial charge in [-0.2, -0.15) is 13.2 Å². The number of ether oxygens (including phenoxy) is 2. The van der Waals surface area contributed by atoms with E-state index in [9.17, 15) is 18.0 Å². The molecule has 0 unspecified atom stereocenters. The average molecular weight is 337 g/mol. The Morgan fingerprint density at radius 1 is 1.00 bits per heavy atom. The number of fused-ring (bicyclic) bond motifs is 1. The van der Waals surface area contributed by atoms with Gasteiger partial charge in [0.1, 0.15) is 13.2 Å². The van der Waals surface area contributed by atoms with Crippen molar-refractivity contribution in [1.82, 2.24) is 0 Å². The Hall–Kier alpha value is -2.70. The largest absolute Gasteiger partial charge is 0.486 e. The molecule has 1 N–H and O–H groups in total. The highest BCUT2D eigenvalue weighted by Gasteiger charge is 2.29. The lowest BCUT2D eigenvalue weighted by molar-refractivity contribution is -0.137. The van der Waals surface area contributed by atoms with E-state index in [-0.39, 0.29) is 12.3 Å². The summed E-state index contributed by atoms with van der Waals surface area (Å²) in [6, 6.07) is 9.55. The van der Waals surface area contributed by atoms with Gasteiger partial charge in [0.2, 0.25) is 5.91 Å². The van der Waals surface area contributed by atoms with Crippen molar-refractivity contribution in [2.75, 3.05) is 18.5 Å². The van der Waals surface area contributed by atoms with Gasteiger partial charge in [-0.15, -0.1) is 0 Å². The van der Waals surface area contributed by atoms with E-state index in [1.54, 1.807) is 18.2 Å². The summed E-state index contributed by atoms with van der Waals surface area (Å²) >= 11 is 0. The van der Waals surface area contributed by atoms with Crippen LogP contribution in [0.4, 0.5) is 18.9 Å². The fourth-order valence-corrected chi connectivity index (χ4v) is 2.32. The van der Waals surface area contributed by atoms with Crippen LogP contribution in [-0.4, -0.2) is 19.1 Å². The van der Waals surface area contributed by atoms with E-state index >= 15 is 0 Å². The molecular formula is C17H14F3NO3. The maximum absolute atomic E-state index is 12.5. The van der Waals surface area contributed by atoms with Gasteiger partial charge in [0.15, 0.2) is 11.5 Å². The van der Waals surface area contributed by atoms with Crippen molar-refractivity contribution in [3.63, 3.8) is 0 Å². The summed E-state index contributed by atoms with van der Waals surface area (Å²) < 4.78 is 48.3. The molecule has 1 aliphatic heterocycles. The summed E-state index contributed by atoms with van der Waals surface area (Å²) in [7, 11) is 0. The zero-order chi connectivity index (χ0) is 17.2. The van der Waals surface area contributed by atoms with E-state index in [1.165, 1.54) is 12.1 Å². The van der Waals surface area contributed by atoms with E-state index in [0.717, 1.165) is 12.1 Å². The second-order valence-electron chi connectivity index (χ2n) is 5.28. The van der Waals surface area contributed by atoms with Crippen molar-refractivity contribution in [2.24, 2.45) is 0 Å². The van der Waals surface area contributed by atoms with Crippen LogP contribution >= 0.6 is 0 Å². The molecule has 4 nitrogen and oxygen atoms in total.